The monoisotopic (exact) mass is 500 g/mol. The van der Waals surface area contributed by atoms with E-state index < -0.39 is 41.5 Å². The molecule has 1 aliphatic carbocycles. The number of rotatable bonds is 6. The third-order valence-electron chi connectivity index (χ3n) is 6.02. The third kappa shape index (κ3) is 4.55. The minimum absolute atomic E-state index is 0.0357. The fraction of sp³-hybridized carbons (Fsp3) is 0.409. The number of halogens is 5. The number of carbonyl (C=O) groups is 1. The highest BCUT2D eigenvalue weighted by Crippen LogP contribution is 2.66. The van der Waals surface area contributed by atoms with Crippen molar-refractivity contribution >= 4 is 28.5 Å². The molecule has 0 bridgehead atoms. The summed E-state index contributed by atoms with van der Waals surface area (Å²) >= 11 is 1.16. The first-order valence-corrected chi connectivity index (χ1v) is 11.1. The maximum absolute atomic E-state index is 14.8. The molecular weight excluding hydrogens is 479 g/mol. The molecule has 3 N–H and O–H groups in total. The number of anilines is 1. The quantitative estimate of drug-likeness (QED) is 0.560. The van der Waals surface area contributed by atoms with Gasteiger partial charge in [-0.3, -0.25) is 9.79 Å². The standard InChI is InChI=1S/C22H21F5N4O2S/c1-11-5-13(33-10-22(25,26)27)8-29-17(11)18(32)30-12-3-4-15(24)14(6-12)20(2)16-7-21(16,9-23)34-19(28)31-20/h3-6,8,16H,7,9-10H2,1-2H3,(H2,28,31)(H,30,32)/t16-,20-,21+/m0/s1. The van der Waals surface area contributed by atoms with E-state index in [0.29, 0.717) is 12.0 Å². The number of aryl methyl sites for hydroxylation is 1. The van der Waals surface area contributed by atoms with Gasteiger partial charge < -0.3 is 15.8 Å². The van der Waals surface area contributed by atoms with Crippen molar-refractivity contribution in [3.8, 4) is 5.75 Å². The summed E-state index contributed by atoms with van der Waals surface area (Å²) in [5.41, 5.74) is 5.50. The van der Waals surface area contributed by atoms with Crippen LogP contribution in [0.2, 0.25) is 0 Å². The lowest BCUT2D eigenvalue weighted by Gasteiger charge is -2.33. The second kappa shape index (κ2) is 8.40. The molecule has 1 aromatic carbocycles. The lowest BCUT2D eigenvalue weighted by molar-refractivity contribution is -0.153. The smallest absolute Gasteiger partial charge is 0.422 e. The van der Waals surface area contributed by atoms with Crippen LogP contribution in [0.4, 0.5) is 27.6 Å². The molecule has 12 heteroatoms. The maximum Gasteiger partial charge on any atom is 0.422 e. The number of nitrogens with zero attached hydrogens (tertiary/aromatic N) is 2. The number of nitrogens with two attached hydrogens (primary N) is 1. The van der Waals surface area contributed by atoms with Gasteiger partial charge in [0.2, 0.25) is 0 Å². The van der Waals surface area contributed by atoms with Crippen molar-refractivity contribution < 1.29 is 31.5 Å². The Morgan fingerprint density at radius 3 is 2.74 bits per heavy atom. The van der Waals surface area contributed by atoms with Gasteiger partial charge in [0, 0.05) is 17.2 Å². The number of thioether (sulfide) groups is 1. The summed E-state index contributed by atoms with van der Waals surface area (Å²) in [5, 5.41) is 2.79. The van der Waals surface area contributed by atoms with Gasteiger partial charge in [0.25, 0.3) is 5.91 Å². The molecule has 2 aromatic rings. The van der Waals surface area contributed by atoms with E-state index in [2.05, 4.69) is 20.0 Å². The number of amides is 1. The molecule has 1 fully saturated rings. The number of nitrogens with one attached hydrogen (secondary N) is 1. The Balaban J connectivity index is 1.55. The minimum Gasteiger partial charge on any atom is -0.482 e. The van der Waals surface area contributed by atoms with E-state index in [1.54, 1.807) is 6.92 Å². The van der Waals surface area contributed by atoms with E-state index in [0.717, 1.165) is 18.0 Å². The molecule has 0 unspecified atom stereocenters. The Bertz CT molecular complexity index is 1170. The number of aromatic nitrogens is 1. The van der Waals surface area contributed by atoms with E-state index in [9.17, 15) is 26.7 Å². The van der Waals surface area contributed by atoms with Gasteiger partial charge in [-0.2, -0.15) is 13.2 Å². The molecule has 6 nitrogen and oxygen atoms in total. The fourth-order valence-electron chi connectivity index (χ4n) is 4.28. The predicted molar refractivity (Wildman–Crippen MR) is 118 cm³/mol. The predicted octanol–water partition coefficient (Wildman–Crippen LogP) is 4.73. The van der Waals surface area contributed by atoms with Gasteiger partial charge in [-0.05, 0) is 50.1 Å². The van der Waals surface area contributed by atoms with Crippen LogP contribution in [0.1, 0.15) is 35.0 Å². The summed E-state index contributed by atoms with van der Waals surface area (Å²) in [4.78, 5) is 21.1. The van der Waals surface area contributed by atoms with E-state index in [4.69, 9.17) is 5.73 Å². The summed E-state index contributed by atoms with van der Waals surface area (Å²) in [5.74, 6) is -1.59. The molecule has 2 aliphatic rings. The van der Waals surface area contributed by atoms with Gasteiger partial charge in [0.15, 0.2) is 11.8 Å². The zero-order valence-corrected chi connectivity index (χ0v) is 19.0. The van der Waals surface area contributed by atoms with Crippen LogP contribution in [0.25, 0.3) is 0 Å². The first-order valence-electron chi connectivity index (χ1n) is 10.2. The molecule has 1 aromatic heterocycles. The topological polar surface area (TPSA) is 89.6 Å². The average molecular weight is 500 g/mol. The lowest BCUT2D eigenvalue weighted by atomic mass is 9.85. The van der Waals surface area contributed by atoms with E-state index in [1.165, 1.54) is 31.2 Å². The second-order valence-corrected chi connectivity index (χ2v) is 9.98. The first-order chi connectivity index (χ1) is 15.9. The number of benzene rings is 1. The first kappa shape index (κ1) is 24.2. The van der Waals surface area contributed by atoms with Crippen LogP contribution in [-0.4, -0.2) is 40.3 Å². The SMILES string of the molecule is Cc1cc(OCC(F)(F)F)cnc1C(=O)Nc1ccc(F)c([C@]2(C)N=C(N)S[C@@]3(CF)C[C@H]32)c1. The van der Waals surface area contributed by atoms with Crippen molar-refractivity contribution in [1.82, 2.24) is 4.98 Å². The van der Waals surface area contributed by atoms with Crippen molar-refractivity contribution in [3.63, 3.8) is 0 Å². The molecule has 2 heterocycles. The van der Waals surface area contributed by atoms with Crippen LogP contribution in [0.3, 0.4) is 0 Å². The highest BCUT2D eigenvalue weighted by molar-refractivity contribution is 8.15. The van der Waals surface area contributed by atoms with Gasteiger partial charge in [0.1, 0.15) is 23.9 Å². The Morgan fingerprint density at radius 1 is 1.35 bits per heavy atom. The fourth-order valence-corrected chi connectivity index (χ4v) is 5.61. The van der Waals surface area contributed by atoms with E-state index in [1.807, 2.05) is 0 Å². The molecule has 0 radical (unpaired) electrons. The molecular formula is C22H21F5N4O2S. The molecule has 34 heavy (non-hydrogen) atoms. The molecule has 1 aliphatic heterocycles. The molecule has 3 atom stereocenters. The Morgan fingerprint density at radius 2 is 2.09 bits per heavy atom. The number of aliphatic imine (C=N–C) groups is 1. The summed E-state index contributed by atoms with van der Waals surface area (Å²) in [6.07, 6.45) is -2.99. The molecule has 1 saturated carbocycles. The highest BCUT2D eigenvalue weighted by Gasteiger charge is 2.66. The number of hydrogen-bond acceptors (Lipinski definition) is 6. The van der Waals surface area contributed by atoms with Crippen LogP contribution in [0, 0.1) is 18.7 Å². The number of carbonyl (C=O) groups excluding carboxylic acids is 1. The van der Waals surface area contributed by atoms with Crippen molar-refractivity contribution in [2.45, 2.75) is 36.7 Å². The van der Waals surface area contributed by atoms with E-state index >= 15 is 0 Å². The number of ether oxygens (including phenoxy) is 1. The largest absolute Gasteiger partial charge is 0.482 e. The van der Waals surface area contributed by atoms with Crippen LogP contribution in [0.5, 0.6) is 5.75 Å². The van der Waals surface area contributed by atoms with Crippen LogP contribution >= 0.6 is 11.8 Å². The van der Waals surface area contributed by atoms with Gasteiger partial charge in [0.05, 0.1) is 16.5 Å². The van der Waals surface area contributed by atoms with Gasteiger partial charge in [-0.1, -0.05) is 11.8 Å². The summed E-state index contributed by atoms with van der Waals surface area (Å²) in [6, 6.07) is 5.23. The molecule has 182 valence electrons. The maximum atomic E-state index is 14.8. The average Bonchev–Trinajstić information content (AvgIpc) is 3.49. The van der Waals surface area contributed by atoms with Crippen molar-refractivity contribution in [1.29, 1.82) is 0 Å². The van der Waals surface area contributed by atoms with Gasteiger partial charge in [-0.15, -0.1) is 0 Å². The Kier molecular flexibility index (Phi) is 5.99. The molecule has 1 amide bonds. The zero-order chi connectivity index (χ0) is 24.9. The number of hydrogen-bond donors (Lipinski definition) is 2. The summed E-state index contributed by atoms with van der Waals surface area (Å²) in [7, 11) is 0. The number of amidine groups is 1. The molecule has 0 saturated heterocycles. The highest BCUT2D eigenvalue weighted by atomic mass is 32.2. The number of alkyl halides is 4. The van der Waals surface area contributed by atoms with Crippen molar-refractivity contribution in [2.24, 2.45) is 16.6 Å². The van der Waals surface area contributed by atoms with Crippen molar-refractivity contribution in [2.75, 3.05) is 18.6 Å². The second-order valence-electron chi connectivity index (χ2n) is 8.54. The number of pyridine rings is 1. The Labute approximate surface area is 196 Å². The molecule has 0 spiro atoms. The molecule has 4 rings (SSSR count). The Hall–Kier alpha value is -2.89. The third-order valence-corrected chi connectivity index (χ3v) is 7.29. The zero-order valence-electron chi connectivity index (χ0n) is 18.2. The number of fused-ring (bicyclic) bond motifs is 1. The summed E-state index contributed by atoms with van der Waals surface area (Å²) in [6.45, 7) is 1.10. The normalized spacial score (nSPS) is 25.9. The van der Waals surface area contributed by atoms with Gasteiger partial charge in [-0.25, -0.2) is 13.8 Å². The van der Waals surface area contributed by atoms with Gasteiger partial charge >= 0.3 is 6.18 Å². The van der Waals surface area contributed by atoms with E-state index in [-0.39, 0.29) is 33.8 Å². The van der Waals surface area contributed by atoms with Crippen LogP contribution < -0.4 is 15.8 Å². The summed E-state index contributed by atoms with van der Waals surface area (Å²) < 4.78 is 69.5. The van der Waals surface area contributed by atoms with Crippen LogP contribution in [0.15, 0.2) is 35.5 Å². The minimum atomic E-state index is -4.50. The lowest BCUT2D eigenvalue weighted by Crippen LogP contribution is -2.36. The van der Waals surface area contributed by atoms with Crippen molar-refractivity contribution in [3.05, 3.63) is 53.1 Å². The van der Waals surface area contributed by atoms with Crippen LogP contribution in [-0.2, 0) is 5.54 Å².